The average Bonchev–Trinajstić information content (AvgIpc) is 2.61. The van der Waals surface area contributed by atoms with Gasteiger partial charge in [-0.25, -0.2) is 14.3 Å². The van der Waals surface area contributed by atoms with E-state index in [2.05, 4.69) is 0 Å². The largest absolute Gasteiger partial charge is 0.377 e. The van der Waals surface area contributed by atoms with E-state index < -0.39 is 29.6 Å². The standard InChI is InChI=1S/C19H20ClF2NO3/c1-2-26-18(11-19(24)23-25)16(9-12-3-5-13(20)6-4-12)15-8-7-14(21)10-17(15)22/h3-8,10,16,18,25H,2,9,11H2,1H3,(H,23,24)/t16-,18?/m1/s1. The van der Waals surface area contributed by atoms with Gasteiger partial charge in [-0.3, -0.25) is 10.0 Å². The van der Waals surface area contributed by atoms with E-state index in [1.54, 1.807) is 36.7 Å². The van der Waals surface area contributed by atoms with Gasteiger partial charge in [0.2, 0.25) is 5.91 Å². The Morgan fingerprint density at radius 1 is 1.23 bits per heavy atom. The van der Waals surface area contributed by atoms with E-state index in [4.69, 9.17) is 21.5 Å². The molecule has 2 N–H and O–H groups in total. The number of amides is 1. The molecule has 2 aromatic carbocycles. The first-order valence-corrected chi connectivity index (χ1v) is 8.56. The van der Waals surface area contributed by atoms with Gasteiger partial charge in [0.25, 0.3) is 0 Å². The van der Waals surface area contributed by atoms with Crippen molar-refractivity contribution in [3.8, 4) is 0 Å². The fourth-order valence-electron chi connectivity index (χ4n) is 2.88. The van der Waals surface area contributed by atoms with Crippen LogP contribution in [-0.2, 0) is 16.0 Å². The maximum Gasteiger partial charge on any atom is 0.245 e. The second kappa shape index (κ2) is 9.62. The lowest BCUT2D eigenvalue weighted by atomic mass is 9.85. The highest BCUT2D eigenvalue weighted by Gasteiger charge is 2.29. The molecule has 1 unspecified atom stereocenters. The van der Waals surface area contributed by atoms with Crippen LogP contribution in [0.3, 0.4) is 0 Å². The Kier molecular flexibility index (Phi) is 7.50. The first-order valence-electron chi connectivity index (χ1n) is 8.18. The summed E-state index contributed by atoms with van der Waals surface area (Å²) in [6.07, 6.45) is -0.523. The monoisotopic (exact) mass is 383 g/mol. The number of ether oxygens (including phenoxy) is 1. The molecule has 0 saturated carbocycles. The lowest BCUT2D eigenvalue weighted by Crippen LogP contribution is -2.32. The summed E-state index contributed by atoms with van der Waals surface area (Å²) in [5.74, 6) is -2.60. The van der Waals surface area contributed by atoms with E-state index in [0.717, 1.165) is 11.6 Å². The third-order valence-corrected chi connectivity index (χ3v) is 4.32. The SMILES string of the molecule is CCOC(CC(=O)NO)[C@H](Cc1ccc(Cl)cc1)c1ccc(F)cc1F. The Labute approximate surface area is 155 Å². The zero-order valence-corrected chi connectivity index (χ0v) is 15.0. The summed E-state index contributed by atoms with van der Waals surface area (Å²) in [6, 6.07) is 10.4. The number of hydroxylamine groups is 1. The van der Waals surface area contributed by atoms with Crippen molar-refractivity contribution in [1.29, 1.82) is 0 Å². The van der Waals surface area contributed by atoms with Crippen molar-refractivity contribution in [2.45, 2.75) is 31.8 Å². The Morgan fingerprint density at radius 3 is 2.50 bits per heavy atom. The van der Waals surface area contributed by atoms with E-state index in [-0.39, 0.29) is 12.0 Å². The predicted molar refractivity (Wildman–Crippen MR) is 94.2 cm³/mol. The highest BCUT2D eigenvalue weighted by Crippen LogP contribution is 2.31. The van der Waals surface area contributed by atoms with Crippen molar-refractivity contribution in [1.82, 2.24) is 5.48 Å². The predicted octanol–water partition coefficient (Wildman–Crippen LogP) is 4.25. The molecule has 0 fully saturated rings. The molecule has 1 amide bonds. The first-order chi connectivity index (χ1) is 12.4. The van der Waals surface area contributed by atoms with Gasteiger partial charge in [0.15, 0.2) is 0 Å². The normalized spacial score (nSPS) is 13.3. The van der Waals surface area contributed by atoms with Crippen molar-refractivity contribution in [2.75, 3.05) is 6.61 Å². The van der Waals surface area contributed by atoms with Crippen LogP contribution in [0.25, 0.3) is 0 Å². The molecule has 0 aromatic heterocycles. The number of halogens is 3. The maximum atomic E-state index is 14.4. The number of benzene rings is 2. The van der Waals surface area contributed by atoms with Crippen molar-refractivity contribution < 1.29 is 23.5 Å². The van der Waals surface area contributed by atoms with Gasteiger partial charge in [0.05, 0.1) is 12.5 Å². The van der Waals surface area contributed by atoms with Gasteiger partial charge >= 0.3 is 0 Å². The van der Waals surface area contributed by atoms with Gasteiger partial charge in [-0.15, -0.1) is 0 Å². The Balaban J connectivity index is 2.40. The summed E-state index contributed by atoms with van der Waals surface area (Å²) >= 11 is 5.90. The van der Waals surface area contributed by atoms with E-state index in [0.29, 0.717) is 18.1 Å². The van der Waals surface area contributed by atoms with Gasteiger partial charge < -0.3 is 4.74 Å². The van der Waals surface area contributed by atoms with Gasteiger partial charge in [-0.2, -0.15) is 0 Å². The second-order valence-corrected chi connectivity index (χ2v) is 6.27. The van der Waals surface area contributed by atoms with Crippen LogP contribution >= 0.6 is 11.6 Å². The molecule has 2 aromatic rings. The highest BCUT2D eigenvalue weighted by atomic mass is 35.5. The van der Waals surface area contributed by atoms with E-state index in [1.165, 1.54) is 12.1 Å². The molecule has 0 aliphatic heterocycles. The summed E-state index contributed by atoms with van der Waals surface area (Å²) in [5, 5.41) is 9.39. The summed E-state index contributed by atoms with van der Waals surface area (Å²) in [6.45, 7) is 2.05. The number of hydrogen-bond donors (Lipinski definition) is 2. The topological polar surface area (TPSA) is 58.6 Å². The van der Waals surface area contributed by atoms with Crippen LogP contribution in [0.15, 0.2) is 42.5 Å². The lowest BCUT2D eigenvalue weighted by Gasteiger charge is -2.27. The third kappa shape index (κ3) is 5.49. The summed E-state index contributed by atoms with van der Waals surface area (Å²) in [5.41, 5.74) is 2.66. The summed E-state index contributed by atoms with van der Waals surface area (Å²) < 4.78 is 33.4. The zero-order chi connectivity index (χ0) is 19.1. The minimum atomic E-state index is -0.710. The van der Waals surface area contributed by atoms with Crippen molar-refractivity contribution in [2.24, 2.45) is 0 Å². The third-order valence-electron chi connectivity index (χ3n) is 4.07. The molecule has 0 aliphatic rings. The molecule has 140 valence electrons. The van der Waals surface area contributed by atoms with E-state index >= 15 is 0 Å². The number of rotatable bonds is 8. The molecule has 0 heterocycles. The molecular formula is C19H20ClF2NO3. The fraction of sp³-hybridized carbons (Fsp3) is 0.316. The molecule has 4 nitrogen and oxygen atoms in total. The van der Waals surface area contributed by atoms with Crippen LogP contribution in [0.1, 0.15) is 30.4 Å². The van der Waals surface area contributed by atoms with Gasteiger partial charge in [-0.1, -0.05) is 29.8 Å². The van der Waals surface area contributed by atoms with E-state index in [1.807, 2.05) is 0 Å². The van der Waals surface area contributed by atoms with Crippen molar-refractivity contribution in [3.63, 3.8) is 0 Å². The van der Waals surface area contributed by atoms with Crippen LogP contribution in [0.4, 0.5) is 8.78 Å². The number of carbonyl (C=O) groups excluding carboxylic acids is 1. The maximum absolute atomic E-state index is 14.4. The molecule has 0 spiro atoms. The zero-order valence-electron chi connectivity index (χ0n) is 14.2. The van der Waals surface area contributed by atoms with Crippen LogP contribution < -0.4 is 5.48 Å². The smallest absolute Gasteiger partial charge is 0.245 e. The molecule has 7 heteroatoms. The van der Waals surface area contributed by atoms with Crippen LogP contribution in [0, 0.1) is 11.6 Å². The molecule has 0 saturated heterocycles. The van der Waals surface area contributed by atoms with Crippen LogP contribution in [0.2, 0.25) is 5.02 Å². The van der Waals surface area contributed by atoms with Gasteiger partial charge in [0, 0.05) is 23.6 Å². The molecule has 0 radical (unpaired) electrons. The highest BCUT2D eigenvalue weighted by molar-refractivity contribution is 6.30. The molecule has 0 bridgehead atoms. The first kappa shape index (κ1) is 20.3. The Morgan fingerprint density at radius 2 is 1.92 bits per heavy atom. The Hall–Kier alpha value is -2.02. The lowest BCUT2D eigenvalue weighted by molar-refractivity contribution is -0.132. The van der Waals surface area contributed by atoms with Crippen molar-refractivity contribution in [3.05, 3.63) is 70.2 Å². The molecular weight excluding hydrogens is 364 g/mol. The van der Waals surface area contributed by atoms with Gasteiger partial charge in [0.1, 0.15) is 11.6 Å². The molecule has 2 rings (SSSR count). The minimum absolute atomic E-state index is 0.167. The van der Waals surface area contributed by atoms with Gasteiger partial charge in [-0.05, 0) is 42.7 Å². The number of carbonyl (C=O) groups is 1. The number of nitrogens with one attached hydrogen (secondary N) is 1. The Bertz CT molecular complexity index is 740. The van der Waals surface area contributed by atoms with Crippen molar-refractivity contribution >= 4 is 17.5 Å². The average molecular weight is 384 g/mol. The van der Waals surface area contributed by atoms with Crippen LogP contribution in [0.5, 0.6) is 0 Å². The summed E-state index contributed by atoms with van der Waals surface area (Å²) in [7, 11) is 0. The number of hydrogen-bond acceptors (Lipinski definition) is 3. The fourth-order valence-corrected chi connectivity index (χ4v) is 3.00. The molecule has 2 atom stereocenters. The minimum Gasteiger partial charge on any atom is -0.377 e. The molecule has 0 aliphatic carbocycles. The summed E-state index contributed by atoms with van der Waals surface area (Å²) in [4.78, 5) is 11.7. The quantitative estimate of drug-likeness (QED) is 0.529. The van der Waals surface area contributed by atoms with E-state index in [9.17, 15) is 13.6 Å². The second-order valence-electron chi connectivity index (χ2n) is 5.84. The van der Waals surface area contributed by atoms with Crippen LogP contribution in [-0.4, -0.2) is 23.8 Å². The molecule has 26 heavy (non-hydrogen) atoms.